The van der Waals surface area contributed by atoms with E-state index in [0.717, 1.165) is 24.0 Å². The van der Waals surface area contributed by atoms with E-state index in [4.69, 9.17) is 4.74 Å². The zero-order valence-electron chi connectivity index (χ0n) is 12.1. The molecule has 108 valence electrons. The summed E-state index contributed by atoms with van der Waals surface area (Å²) >= 11 is 0. The normalized spacial score (nSPS) is 10.8. The average molecular weight is 283 g/mol. The Balaban J connectivity index is 2.13. The van der Waals surface area contributed by atoms with E-state index in [-0.39, 0.29) is 0 Å². The summed E-state index contributed by atoms with van der Waals surface area (Å²) in [5.74, 6) is 2.00. The van der Waals surface area contributed by atoms with E-state index in [0.29, 0.717) is 17.4 Å². The van der Waals surface area contributed by atoms with Gasteiger partial charge in [-0.1, -0.05) is 19.1 Å². The van der Waals surface area contributed by atoms with Crippen LogP contribution in [0.15, 0.2) is 36.9 Å². The molecule has 2 aromatic heterocycles. The highest BCUT2D eigenvalue weighted by Crippen LogP contribution is 2.29. The van der Waals surface area contributed by atoms with Gasteiger partial charge in [-0.3, -0.25) is 4.57 Å². The molecule has 0 radical (unpaired) electrons. The van der Waals surface area contributed by atoms with Crippen LogP contribution in [0.3, 0.4) is 0 Å². The maximum absolute atomic E-state index is 5.51. The van der Waals surface area contributed by atoms with Crippen LogP contribution < -0.4 is 10.1 Å². The summed E-state index contributed by atoms with van der Waals surface area (Å²) in [6.07, 6.45) is 4.29. The van der Waals surface area contributed by atoms with Crippen molar-refractivity contribution in [1.29, 1.82) is 0 Å². The van der Waals surface area contributed by atoms with E-state index in [2.05, 4.69) is 27.2 Å². The number of hydrogen-bond donors (Lipinski definition) is 1. The number of methoxy groups -OCH3 is 1. The first kappa shape index (κ1) is 13.4. The predicted molar refractivity (Wildman–Crippen MR) is 82.0 cm³/mol. The van der Waals surface area contributed by atoms with Crippen LogP contribution in [0.5, 0.6) is 5.75 Å². The van der Waals surface area contributed by atoms with Gasteiger partial charge in [-0.15, -0.1) is 0 Å². The second-order valence-corrected chi connectivity index (χ2v) is 4.61. The standard InChI is InChI=1S/C15H17N5O/c1-3-8-16-14-13(21-2)15(18-9-17-14)20-10-19-11-6-4-5-7-12(11)20/h4-7,9-10H,3,8H2,1-2H3,(H,16,17,18). The van der Waals surface area contributed by atoms with Gasteiger partial charge in [0.25, 0.3) is 0 Å². The van der Waals surface area contributed by atoms with Crippen LogP contribution in [0.2, 0.25) is 0 Å². The van der Waals surface area contributed by atoms with Gasteiger partial charge >= 0.3 is 0 Å². The number of nitrogens with zero attached hydrogens (tertiary/aromatic N) is 4. The van der Waals surface area contributed by atoms with E-state index in [1.807, 2.05) is 28.8 Å². The van der Waals surface area contributed by atoms with Gasteiger partial charge in [-0.25, -0.2) is 15.0 Å². The quantitative estimate of drug-likeness (QED) is 0.780. The molecule has 21 heavy (non-hydrogen) atoms. The van der Waals surface area contributed by atoms with Crippen LogP contribution in [0.1, 0.15) is 13.3 Å². The number of nitrogens with one attached hydrogen (secondary N) is 1. The van der Waals surface area contributed by atoms with Crippen LogP contribution in [0.4, 0.5) is 5.82 Å². The Kier molecular flexibility index (Phi) is 3.68. The monoisotopic (exact) mass is 283 g/mol. The number of imidazole rings is 1. The van der Waals surface area contributed by atoms with Crippen LogP contribution in [0.25, 0.3) is 16.9 Å². The highest BCUT2D eigenvalue weighted by atomic mass is 16.5. The van der Waals surface area contributed by atoms with Crippen molar-refractivity contribution in [2.24, 2.45) is 0 Å². The molecular weight excluding hydrogens is 266 g/mol. The SMILES string of the molecule is CCCNc1ncnc(-n2cnc3ccccc32)c1OC. The Morgan fingerprint density at radius 1 is 1.19 bits per heavy atom. The fraction of sp³-hybridized carbons (Fsp3) is 0.267. The number of para-hydroxylation sites is 2. The lowest BCUT2D eigenvalue weighted by atomic mass is 10.3. The molecular formula is C15H17N5O. The van der Waals surface area contributed by atoms with E-state index < -0.39 is 0 Å². The zero-order chi connectivity index (χ0) is 14.7. The lowest BCUT2D eigenvalue weighted by molar-refractivity contribution is 0.410. The van der Waals surface area contributed by atoms with E-state index >= 15 is 0 Å². The van der Waals surface area contributed by atoms with Crippen LogP contribution in [0, 0.1) is 0 Å². The summed E-state index contributed by atoms with van der Waals surface area (Å²) in [6.45, 7) is 2.93. The highest BCUT2D eigenvalue weighted by Gasteiger charge is 2.15. The average Bonchev–Trinajstić information content (AvgIpc) is 2.96. The predicted octanol–water partition coefficient (Wildman–Crippen LogP) is 2.65. The van der Waals surface area contributed by atoms with Crippen molar-refractivity contribution in [2.75, 3.05) is 19.0 Å². The van der Waals surface area contributed by atoms with Gasteiger partial charge in [0.15, 0.2) is 11.6 Å². The Hall–Kier alpha value is -2.63. The smallest absolute Gasteiger partial charge is 0.205 e. The largest absolute Gasteiger partial charge is 0.490 e. The van der Waals surface area contributed by atoms with E-state index in [1.54, 1.807) is 13.4 Å². The van der Waals surface area contributed by atoms with Gasteiger partial charge in [-0.05, 0) is 18.6 Å². The number of fused-ring (bicyclic) bond motifs is 1. The van der Waals surface area contributed by atoms with Crippen molar-refractivity contribution in [1.82, 2.24) is 19.5 Å². The number of rotatable bonds is 5. The second kappa shape index (κ2) is 5.78. The van der Waals surface area contributed by atoms with Crippen molar-refractivity contribution in [2.45, 2.75) is 13.3 Å². The first-order chi connectivity index (χ1) is 10.3. The molecule has 0 amide bonds. The molecule has 0 unspecified atom stereocenters. The molecule has 0 aliphatic heterocycles. The molecule has 6 nitrogen and oxygen atoms in total. The lowest BCUT2D eigenvalue weighted by Crippen LogP contribution is -2.08. The number of ether oxygens (including phenoxy) is 1. The molecule has 6 heteroatoms. The number of aromatic nitrogens is 4. The Bertz CT molecular complexity index is 753. The van der Waals surface area contributed by atoms with Crippen molar-refractivity contribution >= 4 is 16.9 Å². The van der Waals surface area contributed by atoms with Crippen LogP contribution >= 0.6 is 0 Å². The molecule has 0 bridgehead atoms. The fourth-order valence-electron chi connectivity index (χ4n) is 2.22. The van der Waals surface area contributed by atoms with Crippen LogP contribution in [-0.4, -0.2) is 33.2 Å². The molecule has 0 spiro atoms. The highest BCUT2D eigenvalue weighted by molar-refractivity contribution is 5.78. The molecule has 3 aromatic rings. The third-order valence-corrected chi connectivity index (χ3v) is 3.21. The molecule has 0 fully saturated rings. The summed E-state index contributed by atoms with van der Waals surface area (Å²) in [5.41, 5.74) is 1.90. The first-order valence-electron chi connectivity index (χ1n) is 6.90. The number of hydrogen-bond acceptors (Lipinski definition) is 5. The van der Waals surface area contributed by atoms with Gasteiger partial charge in [-0.2, -0.15) is 0 Å². The summed E-state index contributed by atoms with van der Waals surface area (Å²) in [6, 6.07) is 7.91. The lowest BCUT2D eigenvalue weighted by Gasteiger charge is -2.13. The Morgan fingerprint density at radius 2 is 2.05 bits per heavy atom. The third kappa shape index (κ3) is 2.40. The molecule has 3 rings (SSSR count). The van der Waals surface area contributed by atoms with Crippen molar-refractivity contribution in [3.63, 3.8) is 0 Å². The molecule has 0 saturated heterocycles. The minimum absolute atomic E-state index is 0.620. The number of anilines is 1. The van der Waals surface area contributed by atoms with E-state index in [9.17, 15) is 0 Å². The summed E-state index contributed by atoms with van der Waals surface area (Å²) in [4.78, 5) is 13.0. The van der Waals surface area contributed by atoms with Gasteiger partial charge < -0.3 is 10.1 Å². The fourth-order valence-corrected chi connectivity index (χ4v) is 2.22. The molecule has 0 atom stereocenters. The van der Waals surface area contributed by atoms with Gasteiger partial charge in [0.2, 0.25) is 5.75 Å². The molecule has 0 aliphatic carbocycles. The van der Waals surface area contributed by atoms with E-state index in [1.165, 1.54) is 6.33 Å². The van der Waals surface area contributed by atoms with Crippen LogP contribution in [-0.2, 0) is 0 Å². The Morgan fingerprint density at radius 3 is 2.86 bits per heavy atom. The third-order valence-electron chi connectivity index (χ3n) is 3.21. The molecule has 1 aromatic carbocycles. The number of benzene rings is 1. The zero-order valence-corrected chi connectivity index (χ0v) is 12.1. The van der Waals surface area contributed by atoms with Crippen molar-refractivity contribution in [3.8, 4) is 11.6 Å². The molecule has 0 aliphatic rings. The summed E-state index contributed by atoms with van der Waals surface area (Å²) < 4.78 is 7.42. The van der Waals surface area contributed by atoms with Gasteiger partial charge in [0.1, 0.15) is 12.7 Å². The molecule has 2 heterocycles. The summed E-state index contributed by atoms with van der Waals surface area (Å²) in [5, 5.41) is 3.25. The molecule has 0 saturated carbocycles. The van der Waals surface area contributed by atoms with Crippen molar-refractivity contribution < 1.29 is 4.74 Å². The topological polar surface area (TPSA) is 64.9 Å². The Labute approximate surface area is 122 Å². The maximum Gasteiger partial charge on any atom is 0.205 e. The second-order valence-electron chi connectivity index (χ2n) is 4.61. The van der Waals surface area contributed by atoms with Crippen molar-refractivity contribution in [3.05, 3.63) is 36.9 Å². The molecule has 1 N–H and O–H groups in total. The maximum atomic E-state index is 5.51. The first-order valence-corrected chi connectivity index (χ1v) is 6.90. The minimum Gasteiger partial charge on any atom is -0.490 e. The van der Waals surface area contributed by atoms with Gasteiger partial charge in [0.05, 0.1) is 18.1 Å². The summed E-state index contributed by atoms with van der Waals surface area (Å²) in [7, 11) is 1.62. The minimum atomic E-state index is 0.620. The van der Waals surface area contributed by atoms with Gasteiger partial charge in [0, 0.05) is 6.54 Å².